The summed E-state index contributed by atoms with van der Waals surface area (Å²) in [5.41, 5.74) is 12.4. The van der Waals surface area contributed by atoms with Gasteiger partial charge in [0.05, 0.1) is 18.5 Å². The van der Waals surface area contributed by atoms with Crippen molar-refractivity contribution in [3.63, 3.8) is 0 Å². The van der Waals surface area contributed by atoms with E-state index in [0.29, 0.717) is 41.6 Å². The summed E-state index contributed by atoms with van der Waals surface area (Å²) in [4.78, 5) is 19.0. The molecule has 3 N–H and O–H groups in total. The molecule has 3 aliphatic rings. The molecular weight excluding hydrogens is 426 g/mol. The number of rotatable bonds is 7. The van der Waals surface area contributed by atoms with Crippen LogP contribution >= 0.6 is 11.9 Å². The third kappa shape index (κ3) is 4.02. The molecule has 0 radical (unpaired) electrons. The number of hydrogen-bond acceptors (Lipinski definition) is 8. The first-order chi connectivity index (χ1) is 15.4. The first kappa shape index (κ1) is 22.1. The molecule has 1 aromatic heterocycles. The summed E-state index contributed by atoms with van der Waals surface area (Å²) >= 11 is 1.31. The number of amides is 1. The summed E-state index contributed by atoms with van der Waals surface area (Å²) < 4.78 is 9.88. The summed E-state index contributed by atoms with van der Waals surface area (Å²) in [5.74, 6) is 1.56. The second-order valence-corrected chi connectivity index (χ2v) is 8.51. The zero-order chi connectivity index (χ0) is 22.8. The van der Waals surface area contributed by atoms with Crippen LogP contribution in [-0.2, 0) is 12.3 Å². The third-order valence-corrected chi connectivity index (χ3v) is 6.30. The predicted octanol–water partition coefficient (Wildman–Crippen LogP) is 2.85. The SMILES string of the molecule is CCCCNC(=O)c1cc2nn(Cc3ncc(C)c(OC)c3C)nc3c-2c1CSN=C3N. The average Bonchev–Trinajstić information content (AvgIpc) is 3.05. The Bertz CT molecular complexity index is 1170. The number of nitrogens with two attached hydrogens (primary N) is 1. The van der Waals surface area contributed by atoms with Gasteiger partial charge in [-0.3, -0.25) is 9.78 Å². The monoisotopic (exact) mass is 453 g/mol. The molecule has 32 heavy (non-hydrogen) atoms. The fraction of sp³-hybridized carbons (Fsp3) is 0.409. The molecule has 1 aromatic rings. The highest BCUT2D eigenvalue weighted by molar-refractivity contribution is 7.97. The number of unbranched alkanes of at least 4 members (excludes halogenated alkanes) is 1. The maximum atomic E-state index is 12.9. The summed E-state index contributed by atoms with van der Waals surface area (Å²) in [6.45, 7) is 6.99. The van der Waals surface area contributed by atoms with Gasteiger partial charge < -0.3 is 15.8 Å². The Morgan fingerprint density at radius 2 is 2.16 bits per heavy atom. The minimum absolute atomic E-state index is 0.106. The van der Waals surface area contributed by atoms with Crippen molar-refractivity contribution in [1.29, 1.82) is 0 Å². The lowest BCUT2D eigenvalue weighted by molar-refractivity contribution is 0.0953. The minimum Gasteiger partial charge on any atom is -0.496 e. The van der Waals surface area contributed by atoms with Gasteiger partial charge in [-0.15, -0.1) is 0 Å². The lowest BCUT2D eigenvalue weighted by Gasteiger charge is -2.14. The number of pyridine rings is 1. The van der Waals surface area contributed by atoms with Gasteiger partial charge in [0.15, 0.2) is 5.84 Å². The van der Waals surface area contributed by atoms with E-state index in [1.807, 2.05) is 19.9 Å². The Balaban J connectivity index is 1.77. The molecule has 0 aromatic carbocycles. The van der Waals surface area contributed by atoms with Crippen molar-refractivity contribution in [2.24, 2.45) is 10.1 Å². The highest BCUT2D eigenvalue weighted by Gasteiger charge is 2.29. The van der Waals surface area contributed by atoms with Crippen LogP contribution < -0.4 is 15.8 Å². The minimum atomic E-state index is -0.106. The zero-order valence-corrected chi connectivity index (χ0v) is 19.5. The first-order valence-electron chi connectivity index (χ1n) is 10.6. The van der Waals surface area contributed by atoms with Gasteiger partial charge in [0, 0.05) is 40.7 Å². The fourth-order valence-corrected chi connectivity index (χ4v) is 4.61. The van der Waals surface area contributed by atoms with Gasteiger partial charge >= 0.3 is 0 Å². The molecule has 3 heterocycles. The van der Waals surface area contributed by atoms with Crippen molar-refractivity contribution >= 4 is 23.7 Å². The number of hydrogen-bond donors (Lipinski definition) is 2. The number of nitrogens with one attached hydrogen (secondary N) is 1. The predicted molar refractivity (Wildman–Crippen MR) is 125 cm³/mol. The number of methoxy groups -OCH3 is 1. The normalized spacial score (nSPS) is 13.1. The molecule has 0 atom stereocenters. The van der Waals surface area contributed by atoms with Gasteiger partial charge in [0.1, 0.15) is 18.0 Å². The quantitative estimate of drug-likeness (QED) is 0.417. The molecule has 1 aliphatic carbocycles. The number of amidine groups is 1. The van der Waals surface area contributed by atoms with Gasteiger partial charge in [-0.2, -0.15) is 19.4 Å². The van der Waals surface area contributed by atoms with E-state index in [2.05, 4.69) is 26.7 Å². The van der Waals surface area contributed by atoms with Crippen LogP contribution in [-0.4, -0.2) is 45.4 Å². The number of aryl methyl sites for hydroxylation is 1. The second-order valence-electron chi connectivity index (χ2n) is 7.78. The number of ether oxygens (including phenoxy) is 1. The van der Waals surface area contributed by atoms with E-state index in [1.54, 1.807) is 18.1 Å². The highest BCUT2D eigenvalue weighted by atomic mass is 32.2. The van der Waals surface area contributed by atoms with Crippen LogP contribution in [0.2, 0.25) is 0 Å². The molecule has 0 saturated heterocycles. The molecule has 2 aliphatic heterocycles. The number of aromatic nitrogens is 4. The average molecular weight is 454 g/mol. The van der Waals surface area contributed by atoms with Crippen LogP contribution in [0.15, 0.2) is 16.7 Å². The molecule has 1 amide bonds. The summed E-state index contributed by atoms with van der Waals surface area (Å²) in [6.07, 6.45) is 3.73. The van der Waals surface area contributed by atoms with Crippen LogP contribution in [0, 0.1) is 13.8 Å². The van der Waals surface area contributed by atoms with Crippen molar-refractivity contribution in [3.05, 3.63) is 45.9 Å². The second kappa shape index (κ2) is 9.15. The molecule has 0 spiro atoms. The third-order valence-electron chi connectivity index (χ3n) is 5.56. The van der Waals surface area contributed by atoms with E-state index >= 15 is 0 Å². The van der Waals surface area contributed by atoms with E-state index in [0.717, 1.165) is 46.5 Å². The van der Waals surface area contributed by atoms with Crippen molar-refractivity contribution in [1.82, 2.24) is 25.3 Å². The largest absolute Gasteiger partial charge is 0.496 e. The van der Waals surface area contributed by atoms with E-state index in [4.69, 9.17) is 15.6 Å². The lowest BCUT2D eigenvalue weighted by atomic mass is 10.1. The van der Waals surface area contributed by atoms with Crippen molar-refractivity contribution < 1.29 is 9.53 Å². The lowest BCUT2D eigenvalue weighted by Crippen LogP contribution is -2.24. The fourth-order valence-electron chi connectivity index (χ4n) is 3.89. The van der Waals surface area contributed by atoms with Gasteiger partial charge in [-0.25, -0.2) is 0 Å². The van der Waals surface area contributed by atoms with Crippen LogP contribution in [0.4, 0.5) is 0 Å². The summed E-state index contributed by atoms with van der Waals surface area (Å²) in [5, 5.41) is 12.3. The molecule has 168 valence electrons. The van der Waals surface area contributed by atoms with Crippen LogP contribution in [0.25, 0.3) is 11.3 Å². The van der Waals surface area contributed by atoms with E-state index in [1.165, 1.54) is 11.9 Å². The zero-order valence-electron chi connectivity index (χ0n) is 18.7. The summed E-state index contributed by atoms with van der Waals surface area (Å²) in [7, 11) is 1.65. The number of carbonyl (C=O) groups excluding carboxylic acids is 1. The standard InChI is InChI=1S/C22H27N7O2S/c1-5-6-7-24-22(30)14-8-16-18-15(14)11-32-28-21(23)19(18)27-29(26-16)10-17-13(3)20(31-4)12(2)9-25-17/h8-9H,5-7,10-11H2,1-4H3,(H2,23,28)(H,24,30). The molecule has 10 heteroatoms. The Kier molecular flexibility index (Phi) is 6.31. The Labute approximate surface area is 191 Å². The van der Waals surface area contributed by atoms with Gasteiger partial charge in [-0.05, 0) is 43.8 Å². The molecule has 9 nitrogen and oxygen atoms in total. The molecule has 0 unspecified atom stereocenters. The molecule has 0 bridgehead atoms. The van der Waals surface area contributed by atoms with Crippen molar-refractivity contribution in [2.75, 3.05) is 13.7 Å². The van der Waals surface area contributed by atoms with Crippen molar-refractivity contribution in [3.8, 4) is 17.0 Å². The van der Waals surface area contributed by atoms with Gasteiger partial charge in [0.2, 0.25) is 0 Å². The maximum absolute atomic E-state index is 12.9. The molecule has 0 saturated carbocycles. The summed E-state index contributed by atoms with van der Waals surface area (Å²) in [6, 6.07) is 1.82. The van der Waals surface area contributed by atoms with Crippen LogP contribution in [0.3, 0.4) is 0 Å². The smallest absolute Gasteiger partial charge is 0.251 e. The van der Waals surface area contributed by atoms with E-state index in [9.17, 15) is 4.79 Å². The molecular formula is C22H27N7O2S. The molecule has 0 fully saturated rings. The molecule has 4 rings (SSSR count). The van der Waals surface area contributed by atoms with Crippen LogP contribution in [0.5, 0.6) is 5.75 Å². The Morgan fingerprint density at radius 3 is 2.91 bits per heavy atom. The van der Waals surface area contributed by atoms with Crippen LogP contribution in [0.1, 0.15) is 58.2 Å². The van der Waals surface area contributed by atoms with Gasteiger partial charge in [0.25, 0.3) is 5.91 Å². The first-order valence-corrected chi connectivity index (χ1v) is 11.5. The van der Waals surface area contributed by atoms with Crippen molar-refractivity contribution in [2.45, 2.75) is 45.9 Å². The number of nitrogens with zero attached hydrogens (tertiary/aromatic N) is 5. The maximum Gasteiger partial charge on any atom is 0.251 e. The topological polar surface area (TPSA) is 120 Å². The van der Waals surface area contributed by atoms with Gasteiger partial charge in [-0.1, -0.05) is 13.3 Å². The Hall–Kier alpha value is -3.14. The number of carbonyl (C=O) groups is 1. The van der Waals surface area contributed by atoms with E-state index < -0.39 is 0 Å². The Morgan fingerprint density at radius 1 is 1.34 bits per heavy atom. The highest BCUT2D eigenvalue weighted by Crippen LogP contribution is 2.37. The van der Waals surface area contributed by atoms with E-state index in [-0.39, 0.29) is 5.91 Å².